The van der Waals surface area contributed by atoms with E-state index in [2.05, 4.69) is 46.9 Å². The maximum atomic E-state index is 6.26. The third-order valence-corrected chi connectivity index (χ3v) is 4.80. The van der Waals surface area contributed by atoms with Gasteiger partial charge in [-0.3, -0.25) is 0 Å². The van der Waals surface area contributed by atoms with Crippen LogP contribution >= 0.6 is 22.6 Å². The van der Waals surface area contributed by atoms with Crippen molar-refractivity contribution in [3.63, 3.8) is 0 Å². The third kappa shape index (κ3) is 4.88. The lowest BCUT2D eigenvalue weighted by atomic mass is 9.85. The van der Waals surface area contributed by atoms with Crippen molar-refractivity contribution < 1.29 is 0 Å². The smallest absolute Gasteiger partial charge is 0.0130 e. The monoisotopic (exact) mass is 357 g/mol. The van der Waals surface area contributed by atoms with Crippen LogP contribution in [0.4, 0.5) is 0 Å². The summed E-state index contributed by atoms with van der Waals surface area (Å²) >= 11 is 2.34. The first-order chi connectivity index (χ1) is 8.74. The lowest BCUT2D eigenvalue weighted by Gasteiger charge is -2.23. The Hall–Kier alpha value is -0.0900. The van der Waals surface area contributed by atoms with Crippen LogP contribution < -0.4 is 5.73 Å². The normalized spacial score (nSPS) is 18.8. The van der Waals surface area contributed by atoms with Crippen molar-refractivity contribution in [1.82, 2.24) is 0 Å². The molecule has 0 bridgehead atoms. The number of hydrogen-bond acceptors (Lipinski definition) is 1. The van der Waals surface area contributed by atoms with Gasteiger partial charge in [0.15, 0.2) is 0 Å². The Balaban J connectivity index is 1.71. The standard InChI is InChI=1S/C16H24IN/c17-15-9-6-14(7-10-15)12-16(18)11-8-13-4-2-1-3-5-13/h6-7,9-10,13,16H,1-5,8,11-12,18H2. The Morgan fingerprint density at radius 2 is 1.78 bits per heavy atom. The molecule has 0 amide bonds. The fourth-order valence-electron chi connectivity index (χ4n) is 2.95. The number of nitrogens with two attached hydrogens (primary N) is 1. The van der Waals surface area contributed by atoms with E-state index in [1.807, 2.05) is 0 Å². The van der Waals surface area contributed by atoms with Gasteiger partial charge in [-0.1, -0.05) is 44.2 Å². The molecular formula is C16H24IN. The zero-order chi connectivity index (χ0) is 12.8. The summed E-state index contributed by atoms with van der Waals surface area (Å²) in [5, 5.41) is 0. The van der Waals surface area contributed by atoms with Crippen LogP contribution in [-0.2, 0) is 6.42 Å². The number of hydrogen-bond donors (Lipinski definition) is 1. The maximum Gasteiger partial charge on any atom is 0.0130 e. The molecule has 1 aliphatic carbocycles. The van der Waals surface area contributed by atoms with Crippen LogP contribution in [0.5, 0.6) is 0 Å². The molecular weight excluding hydrogens is 333 g/mol. The summed E-state index contributed by atoms with van der Waals surface area (Å²) in [5.41, 5.74) is 7.64. The molecule has 1 fully saturated rings. The molecule has 1 aromatic carbocycles. The first kappa shape index (κ1) is 14.3. The Morgan fingerprint density at radius 1 is 1.11 bits per heavy atom. The van der Waals surface area contributed by atoms with E-state index >= 15 is 0 Å². The second-order valence-corrected chi connectivity index (χ2v) is 6.92. The zero-order valence-corrected chi connectivity index (χ0v) is 13.2. The average molecular weight is 357 g/mol. The molecule has 1 unspecified atom stereocenters. The minimum atomic E-state index is 0.340. The first-order valence-electron chi connectivity index (χ1n) is 7.24. The first-order valence-corrected chi connectivity index (χ1v) is 8.32. The number of halogens is 1. The SMILES string of the molecule is NC(CCC1CCCCC1)Cc1ccc(I)cc1. The highest BCUT2D eigenvalue weighted by Gasteiger charge is 2.14. The second-order valence-electron chi connectivity index (χ2n) is 5.67. The highest BCUT2D eigenvalue weighted by molar-refractivity contribution is 14.1. The van der Waals surface area contributed by atoms with Gasteiger partial charge in [-0.2, -0.15) is 0 Å². The predicted molar refractivity (Wildman–Crippen MR) is 86.6 cm³/mol. The van der Waals surface area contributed by atoms with Crippen LogP contribution in [-0.4, -0.2) is 6.04 Å². The number of rotatable bonds is 5. The molecule has 18 heavy (non-hydrogen) atoms. The molecule has 0 aromatic heterocycles. The van der Waals surface area contributed by atoms with Crippen molar-refractivity contribution in [3.8, 4) is 0 Å². The van der Waals surface area contributed by atoms with Gasteiger partial charge in [-0.25, -0.2) is 0 Å². The van der Waals surface area contributed by atoms with E-state index < -0.39 is 0 Å². The van der Waals surface area contributed by atoms with Crippen LogP contribution in [0.2, 0.25) is 0 Å². The molecule has 2 rings (SSSR count). The molecule has 0 heterocycles. The van der Waals surface area contributed by atoms with E-state index in [9.17, 15) is 0 Å². The summed E-state index contributed by atoms with van der Waals surface area (Å²) in [7, 11) is 0. The fourth-order valence-corrected chi connectivity index (χ4v) is 3.31. The topological polar surface area (TPSA) is 26.0 Å². The van der Waals surface area contributed by atoms with E-state index in [0.717, 1.165) is 12.3 Å². The van der Waals surface area contributed by atoms with Crippen molar-refractivity contribution in [2.24, 2.45) is 11.7 Å². The van der Waals surface area contributed by atoms with Gasteiger partial charge in [0.1, 0.15) is 0 Å². The van der Waals surface area contributed by atoms with Crippen LogP contribution in [0.3, 0.4) is 0 Å². The highest BCUT2D eigenvalue weighted by Crippen LogP contribution is 2.27. The molecule has 100 valence electrons. The Kier molecular flexibility index (Phi) is 5.96. The van der Waals surface area contributed by atoms with Gasteiger partial charge in [0.05, 0.1) is 0 Å². The average Bonchev–Trinajstić information content (AvgIpc) is 2.40. The lowest BCUT2D eigenvalue weighted by molar-refractivity contribution is 0.323. The Bertz CT molecular complexity index is 341. The van der Waals surface area contributed by atoms with Crippen LogP contribution in [0.15, 0.2) is 24.3 Å². The second kappa shape index (κ2) is 7.49. The molecule has 1 nitrogen and oxygen atoms in total. The molecule has 1 aliphatic rings. The minimum Gasteiger partial charge on any atom is -0.327 e. The van der Waals surface area contributed by atoms with Gasteiger partial charge in [-0.15, -0.1) is 0 Å². The molecule has 2 heteroatoms. The molecule has 0 saturated heterocycles. The van der Waals surface area contributed by atoms with Crippen LogP contribution in [0.25, 0.3) is 0 Å². The van der Waals surface area contributed by atoms with Gasteiger partial charge in [0, 0.05) is 9.61 Å². The van der Waals surface area contributed by atoms with Gasteiger partial charge >= 0.3 is 0 Å². The highest BCUT2D eigenvalue weighted by atomic mass is 127. The van der Waals surface area contributed by atoms with Crippen molar-refractivity contribution >= 4 is 22.6 Å². The van der Waals surface area contributed by atoms with Crippen LogP contribution in [0.1, 0.15) is 50.5 Å². The number of benzene rings is 1. The minimum absolute atomic E-state index is 0.340. The molecule has 1 atom stereocenters. The summed E-state index contributed by atoms with van der Waals surface area (Å²) in [6.07, 6.45) is 10.8. The van der Waals surface area contributed by atoms with Gasteiger partial charge in [-0.05, 0) is 65.5 Å². The Labute approximate surface area is 125 Å². The van der Waals surface area contributed by atoms with Gasteiger partial charge in [0.2, 0.25) is 0 Å². The summed E-state index contributed by atoms with van der Waals surface area (Å²) in [6.45, 7) is 0. The molecule has 2 N–H and O–H groups in total. The summed E-state index contributed by atoms with van der Waals surface area (Å²) in [6, 6.07) is 9.10. The van der Waals surface area contributed by atoms with E-state index in [4.69, 9.17) is 5.73 Å². The van der Waals surface area contributed by atoms with E-state index in [1.165, 1.54) is 54.1 Å². The van der Waals surface area contributed by atoms with Crippen LogP contribution in [0, 0.1) is 9.49 Å². The van der Waals surface area contributed by atoms with Crippen molar-refractivity contribution in [2.75, 3.05) is 0 Å². The summed E-state index contributed by atoms with van der Waals surface area (Å²) in [5.74, 6) is 0.960. The Morgan fingerprint density at radius 3 is 2.44 bits per heavy atom. The van der Waals surface area contributed by atoms with Crippen molar-refractivity contribution in [1.29, 1.82) is 0 Å². The van der Waals surface area contributed by atoms with Gasteiger partial charge in [0.25, 0.3) is 0 Å². The molecule has 0 spiro atoms. The molecule has 1 saturated carbocycles. The molecule has 0 aliphatic heterocycles. The van der Waals surface area contributed by atoms with Crippen molar-refractivity contribution in [3.05, 3.63) is 33.4 Å². The third-order valence-electron chi connectivity index (χ3n) is 4.08. The quantitative estimate of drug-likeness (QED) is 0.771. The van der Waals surface area contributed by atoms with Crippen molar-refractivity contribution in [2.45, 2.75) is 57.4 Å². The summed E-state index contributed by atoms with van der Waals surface area (Å²) < 4.78 is 1.30. The van der Waals surface area contributed by atoms with Gasteiger partial charge < -0.3 is 5.73 Å². The summed E-state index contributed by atoms with van der Waals surface area (Å²) in [4.78, 5) is 0. The molecule has 0 radical (unpaired) electrons. The van der Waals surface area contributed by atoms with E-state index in [1.54, 1.807) is 0 Å². The van der Waals surface area contributed by atoms with E-state index in [-0.39, 0.29) is 0 Å². The molecule has 1 aromatic rings. The zero-order valence-electron chi connectivity index (χ0n) is 11.1. The predicted octanol–water partition coefficient (Wildman–Crippen LogP) is 4.52. The largest absolute Gasteiger partial charge is 0.327 e. The fraction of sp³-hybridized carbons (Fsp3) is 0.625. The lowest BCUT2D eigenvalue weighted by Crippen LogP contribution is -2.24. The maximum absolute atomic E-state index is 6.26. The van der Waals surface area contributed by atoms with E-state index in [0.29, 0.717) is 6.04 Å².